The molecule has 1 amide bonds. The average molecular weight is 288 g/mol. The molecule has 1 aromatic rings. The fraction of sp³-hybridized carbons (Fsp3) is 0.688. The van der Waals surface area contributed by atoms with Gasteiger partial charge >= 0.3 is 0 Å². The standard InChI is InChI=1S/C16H24N4O/c1-12-10-14(13(2)19-18-12)15(21)20-9-8-17-11-16(20)6-4-3-5-7-16/h10,17H,3-9,11H2,1-2H3. The van der Waals surface area contributed by atoms with Gasteiger partial charge in [-0.3, -0.25) is 4.79 Å². The maximum absolute atomic E-state index is 13.1. The molecular formula is C16H24N4O. The molecule has 2 aliphatic rings. The van der Waals surface area contributed by atoms with E-state index in [1.165, 1.54) is 19.3 Å². The number of hydrogen-bond acceptors (Lipinski definition) is 4. The molecule has 1 aromatic heterocycles. The van der Waals surface area contributed by atoms with E-state index in [4.69, 9.17) is 0 Å². The number of carbonyl (C=O) groups is 1. The minimum absolute atomic E-state index is 0.0111. The van der Waals surface area contributed by atoms with Crippen molar-refractivity contribution in [2.45, 2.75) is 51.5 Å². The molecule has 1 saturated heterocycles. The van der Waals surface area contributed by atoms with Crippen LogP contribution in [-0.4, -0.2) is 46.2 Å². The van der Waals surface area contributed by atoms with Gasteiger partial charge in [0.15, 0.2) is 0 Å². The summed E-state index contributed by atoms with van der Waals surface area (Å²) in [6, 6.07) is 1.88. The summed E-state index contributed by atoms with van der Waals surface area (Å²) in [5.74, 6) is 0.133. The Hall–Kier alpha value is -1.49. The van der Waals surface area contributed by atoms with E-state index >= 15 is 0 Å². The van der Waals surface area contributed by atoms with Crippen molar-refractivity contribution >= 4 is 5.91 Å². The van der Waals surface area contributed by atoms with Crippen LogP contribution < -0.4 is 5.32 Å². The molecule has 21 heavy (non-hydrogen) atoms. The summed E-state index contributed by atoms with van der Waals surface area (Å²) in [5, 5.41) is 11.6. The van der Waals surface area contributed by atoms with Crippen molar-refractivity contribution in [3.8, 4) is 0 Å². The molecule has 5 nitrogen and oxygen atoms in total. The molecule has 0 atom stereocenters. The second kappa shape index (κ2) is 5.72. The van der Waals surface area contributed by atoms with Crippen LogP contribution in [-0.2, 0) is 0 Å². The molecule has 0 unspecified atom stereocenters. The number of piperazine rings is 1. The summed E-state index contributed by atoms with van der Waals surface area (Å²) in [5.41, 5.74) is 2.26. The normalized spacial score (nSPS) is 21.5. The average Bonchev–Trinajstić information content (AvgIpc) is 2.50. The zero-order valence-electron chi connectivity index (χ0n) is 13.0. The highest BCUT2D eigenvalue weighted by molar-refractivity contribution is 5.96. The predicted octanol–water partition coefficient (Wildman–Crippen LogP) is 1.84. The van der Waals surface area contributed by atoms with E-state index in [1.807, 2.05) is 19.9 Å². The third kappa shape index (κ3) is 2.67. The van der Waals surface area contributed by atoms with E-state index in [0.29, 0.717) is 5.56 Å². The lowest BCUT2D eigenvalue weighted by Gasteiger charge is -2.50. The number of nitrogens with one attached hydrogen (secondary N) is 1. The van der Waals surface area contributed by atoms with Gasteiger partial charge in [0.25, 0.3) is 5.91 Å². The third-order valence-corrected chi connectivity index (χ3v) is 4.90. The van der Waals surface area contributed by atoms with Crippen molar-refractivity contribution in [2.75, 3.05) is 19.6 Å². The summed E-state index contributed by atoms with van der Waals surface area (Å²) in [6.45, 7) is 6.35. The van der Waals surface area contributed by atoms with Crippen LogP contribution in [0.1, 0.15) is 53.8 Å². The van der Waals surface area contributed by atoms with Crippen LogP contribution in [0.25, 0.3) is 0 Å². The maximum Gasteiger partial charge on any atom is 0.256 e. The van der Waals surface area contributed by atoms with Gasteiger partial charge in [-0.15, -0.1) is 0 Å². The van der Waals surface area contributed by atoms with E-state index in [2.05, 4.69) is 20.4 Å². The molecule has 1 aliphatic heterocycles. The highest BCUT2D eigenvalue weighted by Crippen LogP contribution is 2.35. The van der Waals surface area contributed by atoms with Gasteiger partial charge in [0, 0.05) is 19.6 Å². The van der Waals surface area contributed by atoms with E-state index < -0.39 is 0 Å². The molecular weight excluding hydrogens is 264 g/mol. The van der Waals surface area contributed by atoms with Crippen molar-refractivity contribution in [1.29, 1.82) is 0 Å². The lowest BCUT2D eigenvalue weighted by atomic mass is 9.78. The Balaban J connectivity index is 1.92. The van der Waals surface area contributed by atoms with Crippen molar-refractivity contribution in [3.63, 3.8) is 0 Å². The summed E-state index contributed by atoms with van der Waals surface area (Å²) in [7, 11) is 0. The molecule has 1 spiro atoms. The van der Waals surface area contributed by atoms with Crippen molar-refractivity contribution in [1.82, 2.24) is 20.4 Å². The molecule has 2 heterocycles. The molecule has 1 aliphatic carbocycles. The molecule has 0 bridgehead atoms. The minimum atomic E-state index is 0.0111. The van der Waals surface area contributed by atoms with Crippen LogP contribution in [0.15, 0.2) is 6.07 Å². The number of carbonyl (C=O) groups excluding carboxylic acids is 1. The summed E-state index contributed by atoms with van der Waals surface area (Å²) in [4.78, 5) is 15.2. The monoisotopic (exact) mass is 288 g/mol. The van der Waals surface area contributed by atoms with Crippen LogP contribution in [0.5, 0.6) is 0 Å². The predicted molar refractivity (Wildman–Crippen MR) is 81.2 cm³/mol. The highest BCUT2D eigenvalue weighted by atomic mass is 16.2. The molecule has 0 radical (unpaired) electrons. The Bertz CT molecular complexity index is 529. The largest absolute Gasteiger partial charge is 0.330 e. The van der Waals surface area contributed by atoms with Crippen molar-refractivity contribution < 1.29 is 4.79 Å². The second-order valence-corrected chi connectivity index (χ2v) is 6.40. The number of nitrogens with zero attached hydrogens (tertiary/aromatic N) is 3. The van der Waals surface area contributed by atoms with Crippen LogP contribution in [0.4, 0.5) is 0 Å². The van der Waals surface area contributed by atoms with Crippen molar-refractivity contribution in [2.24, 2.45) is 0 Å². The topological polar surface area (TPSA) is 58.1 Å². The van der Waals surface area contributed by atoms with Crippen LogP contribution in [0.2, 0.25) is 0 Å². The van der Waals surface area contributed by atoms with Gasteiger partial charge in [-0.25, -0.2) is 0 Å². The van der Waals surface area contributed by atoms with Crippen molar-refractivity contribution in [3.05, 3.63) is 23.0 Å². The van der Waals surface area contributed by atoms with Gasteiger partial charge in [0.2, 0.25) is 0 Å². The van der Waals surface area contributed by atoms with E-state index in [1.54, 1.807) is 0 Å². The Labute approximate surface area is 126 Å². The molecule has 3 rings (SSSR count). The van der Waals surface area contributed by atoms with Crippen LogP contribution in [0.3, 0.4) is 0 Å². The van der Waals surface area contributed by atoms with Gasteiger partial charge in [-0.2, -0.15) is 10.2 Å². The first-order valence-corrected chi connectivity index (χ1v) is 7.96. The first kappa shape index (κ1) is 14.4. The SMILES string of the molecule is Cc1cc(C(=O)N2CCNCC23CCCCC3)c(C)nn1. The number of rotatable bonds is 1. The molecule has 1 saturated carbocycles. The number of aromatic nitrogens is 2. The summed E-state index contributed by atoms with van der Waals surface area (Å²) >= 11 is 0. The summed E-state index contributed by atoms with van der Waals surface area (Å²) in [6.07, 6.45) is 5.96. The van der Waals surface area contributed by atoms with E-state index in [0.717, 1.165) is 43.9 Å². The smallest absolute Gasteiger partial charge is 0.256 e. The van der Waals surface area contributed by atoms with E-state index in [-0.39, 0.29) is 11.4 Å². The zero-order valence-corrected chi connectivity index (χ0v) is 13.0. The first-order chi connectivity index (χ1) is 10.1. The Kier molecular flexibility index (Phi) is 3.93. The van der Waals surface area contributed by atoms with Gasteiger partial charge in [-0.05, 0) is 32.8 Å². The third-order valence-electron chi connectivity index (χ3n) is 4.90. The van der Waals surface area contributed by atoms with Gasteiger partial charge in [0.1, 0.15) is 0 Å². The zero-order chi connectivity index (χ0) is 14.9. The fourth-order valence-corrected chi connectivity index (χ4v) is 3.73. The van der Waals surface area contributed by atoms with Gasteiger partial charge < -0.3 is 10.2 Å². The number of amides is 1. The Morgan fingerprint density at radius 1 is 1.24 bits per heavy atom. The Morgan fingerprint density at radius 3 is 2.76 bits per heavy atom. The molecule has 0 aromatic carbocycles. The molecule has 2 fully saturated rings. The van der Waals surface area contributed by atoms with Gasteiger partial charge in [-0.1, -0.05) is 19.3 Å². The quantitative estimate of drug-likeness (QED) is 0.856. The minimum Gasteiger partial charge on any atom is -0.330 e. The number of aryl methyl sites for hydroxylation is 2. The molecule has 1 N–H and O–H groups in total. The highest BCUT2D eigenvalue weighted by Gasteiger charge is 2.42. The second-order valence-electron chi connectivity index (χ2n) is 6.40. The number of hydrogen-bond donors (Lipinski definition) is 1. The molecule has 114 valence electrons. The maximum atomic E-state index is 13.1. The summed E-state index contributed by atoms with van der Waals surface area (Å²) < 4.78 is 0. The lowest BCUT2D eigenvalue weighted by Crippen LogP contribution is -2.63. The fourth-order valence-electron chi connectivity index (χ4n) is 3.73. The van der Waals surface area contributed by atoms with Crippen LogP contribution >= 0.6 is 0 Å². The van der Waals surface area contributed by atoms with E-state index in [9.17, 15) is 4.79 Å². The molecule has 5 heteroatoms. The van der Waals surface area contributed by atoms with Crippen LogP contribution in [0, 0.1) is 13.8 Å². The Morgan fingerprint density at radius 2 is 2.00 bits per heavy atom. The van der Waals surface area contributed by atoms with Gasteiger partial charge in [0.05, 0.1) is 22.5 Å². The lowest BCUT2D eigenvalue weighted by molar-refractivity contribution is 0.0221. The first-order valence-electron chi connectivity index (χ1n) is 7.96.